The van der Waals surface area contributed by atoms with Gasteiger partial charge in [0.1, 0.15) is 6.54 Å². The second-order valence-corrected chi connectivity index (χ2v) is 6.28. The Kier molecular flexibility index (Phi) is 4.28. The van der Waals surface area contributed by atoms with Crippen LogP contribution < -0.4 is 5.32 Å². The van der Waals surface area contributed by atoms with Crippen LogP contribution >= 0.6 is 11.6 Å². The third kappa shape index (κ3) is 3.48. The number of carbonyl (C=O) groups excluding carboxylic acids is 1. The number of amides is 1. The molecular formula is C16H17ClN2O4. The SMILES string of the molecule is O=C(O)CC1(NC(=O)Cn2ccc3ccc(Cl)cc32)CCOC1. The molecule has 1 aliphatic rings. The Morgan fingerprint density at radius 2 is 2.22 bits per heavy atom. The summed E-state index contributed by atoms with van der Waals surface area (Å²) in [5.74, 6) is -1.19. The fraction of sp³-hybridized carbons (Fsp3) is 0.375. The van der Waals surface area contributed by atoms with Gasteiger partial charge in [-0.05, 0) is 30.0 Å². The van der Waals surface area contributed by atoms with Gasteiger partial charge in [0, 0.05) is 23.3 Å². The number of nitrogens with one attached hydrogen (secondary N) is 1. The molecule has 1 aromatic carbocycles. The van der Waals surface area contributed by atoms with Crippen LogP contribution in [0.4, 0.5) is 0 Å². The standard InChI is InChI=1S/C16H17ClN2O4/c17-12-2-1-11-3-5-19(13(11)7-12)9-14(20)18-16(8-15(21)22)4-6-23-10-16/h1-3,5,7H,4,6,8-10H2,(H,18,20)(H,21,22). The number of fused-ring (bicyclic) bond motifs is 1. The molecule has 0 aliphatic carbocycles. The number of aromatic nitrogens is 1. The summed E-state index contributed by atoms with van der Waals surface area (Å²) < 4.78 is 7.07. The number of hydrogen-bond acceptors (Lipinski definition) is 3. The van der Waals surface area contributed by atoms with Crippen LogP contribution in [0.3, 0.4) is 0 Å². The minimum Gasteiger partial charge on any atom is -0.481 e. The van der Waals surface area contributed by atoms with Gasteiger partial charge in [0.2, 0.25) is 5.91 Å². The average Bonchev–Trinajstić information content (AvgIpc) is 3.06. The van der Waals surface area contributed by atoms with Gasteiger partial charge in [0.25, 0.3) is 0 Å². The van der Waals surface area contributed by atoms with Crippen molar-refractivity contribution in [2.75, 3.05) is 13.2 Å². The van der Waals surface area contributed by atoms with Gasteiger partial charge in [-0.25, -0.2) is 0 Å². The highest BCUT2D eigenvalue weighted by Crippen LogP contribution is 2.24. The summed E-state index contributed by atoms with van der Waals surface area (Å²) in [6.45, 7) is 0.782. The maximum atomic E-state index is 12.4. The molecule has 2 aromatic rings. The van der Waals surface area contributed by atoms with Crippen molar-refractivity contribution in [2.45, 2.75) is 24.9 Å². The fourth-order valence-electron chi connectivity index (χ4n) is 2.96. The van der Waals surface area contributed by atoms with E-state index >= 15 is 0 Å². The lowest BCUT2D eigenvalue weighted by Gasteiger charge is -2.27. The predicted octanol–water partition coefficient (Wildman–Crippen LogP) is 2.04. The maximum absolute atomic E-state index is 12.4. The Hall–Kier alpha value is -2.05. The summed E-state index contributed by atoms with van der Waals surface area (Å²) >= 11 is 6.01. The molecule has 6 nitrogen and oxygen atoms in total. The Bertz CT molecular complexity index is 750. The molecule has 0 radical (unpaired) electrons. The van der Waals surface area contributed by atoms with Crippen molar-refractivity contribution in [1.82, 2.24) is 9.88 Å². The number of rotatable bonds is 5. The molecule has 1 unspecified atom stereocenters. The summed E-state index contributed by atoms with van der Waals surface area (Å²) in [5.41, 5.74) is 0.0476. The lowest BCUT2D eigenvalue weighted by molar-refractivity contribution is -0.139. The molecule has 1 aliphatic heterocycles. The van der Waals surface area contributed by atoms with Crippen LogP contribution in [0.1, 0.15) is 12.8 Å². The smallest absolute Gasteiger partial charge is 0.305 e. The largest absolute Gasteiger partial charge is 0.481 e. The molecule has 2 heterocycles. The molecule has 2 N–H and O–H groups in total. The van der Waals surface area contributed by atoms with Crippen molar-refractivity contribution < 1.29 is 19.4 Å². The van der Waals surface area contributed by atoms with E-state index in [-0.39, 0.29) is 25.5 Å². The molecule has 7 heteroatoms. The van der Waals surface area contributed by atoms with E-state index in [1.165, 1.54) is 0 Å². The van der Waals surface area contributed by atoms with E-state index in [2.05, 4.69) is 5.32 Å². The number of benzene rings is 1. The van der Waals surface area contributed by atoms with Crippen LogP contribution in [0, 0.1) is 0 Å². The van der Waals surface area contributed by atoms with E-state index in [4.69, 9.17) is 21.4 Å². The Morgan fingerprint density at radius 1 is 1.39 bits per heavy atom. The van der Waals surface area contributed by atoms with Crippen LogP contribution in [-0.4, -0.2) is 40.3 Å². The molecule has 122 valence electrons. The quantitative estimate of drug-likeness (QED) is 0.875. The maximum Gasteiger partial charge on any atom is 0.305 e. The number of carbonyl (C=O) groups is 2. The molecule has 0 bridgehead atoms. The first-order valence-electron chi connectivity index (χ1n) is 7.32. The first-order chi connectivity index (χ1) is 11.0. The molecule has 1 saturated heterocycles. The average molecular weight is 337 g/mol. The normalized spacial score (nSPS) is 20.7. The lowest BCUT2D eigenvalue weighted by Crippen LogP contribution is -2.51. The first kappa shape index (κ1) is 15.8. The van der Waals surface area contributed by atoms with Crippen molar-refractivity contribution >= 4 is 34.4 Å². The second-order valence-electron chi connectivity index (χ2n) is 5.85. The van der Waals surface area contributed by atoms with E-state index in [1.54, 1.807) is 16.7 Å². The molecule has 0 spiro atoms. The Balaban J connectivity index is 1.75. The highest BCUT2D eigenvalue weighted by Gasteiger charge is 2.38. The number of carboxylic acids is 1. The van der Waals surface area contributed by atoms with E-state index in [1.807, 2.05) is 18.3 Å². The second kappa shape index (κ2) is 6.22. The number of carboxylic acid groups (broad SMARTS) is 1. The third-order valence-corrected chi connectivity index (χ3v) is 4.28. The third-order valence-electron chi connectivity index (χ3n) is 4.05. The Morgan fingerprint density at radius 3 is 2.91 bits per heavy atom. The molecular weight excluding hydrogens is 320 g/mol. The van der Waals surface area contributed by atoms with Gasteiger partial charge in [-0.1, -0.05) is 17.7 Å². The minimum atomic E-state index is -0.950. The van der Waals surface area contributed by atoms with Gasteiger partial charge in [0.15, 0.2) is 0 Å². The predicted molar refractivity (Wildman–Crippen MR) is 85.5 cm³/mol. The summed E-state index contributed by atoms with van der Waals surface area (Å²) in [4.78, 5) is 23.4. The van der Waals surface area contributed by atoms with Gasteiger partial charge in [-0.2, -0.15) is 0 Å². The van der Waals surface area contributed by atoms with E-state index in [0.717, 1.165) is 10.9 Å². The van der Waals surface area contributed by atoms with Crippen molar-refractivity contribution in [3.05, 3.63) is 35.5 Å². The van der Waals surface area contributed by atoms with E-state index in [9.17, 15) is 9.59 Å². The van der Waals surface area contributed by atoms with Gasteiger partial charge in [-0.3, -0.25) is 9.59 Å². The summed E-state index contributed by atoms with van der Waals surface area (Å²) in [7, 11) is 0. The van der Waals surface area contributed by atoms with E-state index < -0.39 is 11.5 Å². The Labute approximate surface area is 138 Å². The number of aliphatic carboxylic acids is 1. The van der Waals surface area contributed by atoms with Crippen LogP contribution in [0.15, 0.2) is 30.5 Å². The summed E-state index contributed by atoms with van der Waals surface area (Å²) in [6, 6.07) is 7.40. The molecule has 1 amide bonds. The first-order valence-corrected chi connectivity index (χ1v) is 7.70. The highest BCUT2D eigenvalue weighted by molar-refractivity contribution is 6.31. The van der Waals surface area contributed by atoms with Crippen LogP contribution in [-0.2, 0) is 20.9 Å². The summed E-state index contributed by atoms with van der Waals surface area (Å²) in [5, 5.41) is 13.5. The van der Waals surface area contributed by atoms with Crippen molar-refractivity contribution in [1.29, 1.82) is 0 Å². The fourth-order valence-corrected chi connectivity index (χ4v) is 3.13. The van der Waals surface area contributed by atoms with Crippen molar-refractivity contribution in [3.8, 4) is 0 Å². The molecule has 1 fully saturated rings. The zero-order valence-electron chi connectivity index (χ0n) is 12.4. The lowest BCUT2D eigenvalue weighted by atomic mass is 9.94. The zero-order valence-corrected chi connectivity index (χ0v) is 13.2. The van der Waals surface area contributed by atoms with Crippen molar-refractivity contribution in [2.24, 2.45) is 0 Å². The van der Waals surface area contributed by atoms with Gasteiger partial charge >= 0.3 is 5.97 Å². The zero-order chi connectivity index (χ0) is 16.4. The minimum absolute atomic E-state index is 0.102. The van der Waals surface area contributed by atoms with Crippen LogP contribution in [0.25, 0.3) is 10.9 Å². The van der Waals surface area contributed by atoms with Gasteiger partial charge < -0.3 is 19.7 Å². The monoisotopic (exact) mass is 336 g/mol. The molecule has 23 heavy (non-hydrogen) atoms. The van der Waals surface area contributed by atoms with Crippen LogP contribution in [0.5, 0.6) is 0 Å². The molecule has 0 saturated carbocycles. The molecule has 3 rings (SSSR count). The van der Waals surface area contributed by atoms with Crippen molar-refractivity contribution in [3.63, 3.8) is 0 Å². The summed E-state index contributed by atoms with van der Waals surface area (Å²) in [6.07, 6.45) is 2.18. The van der Waals surface area contributed by atoms with Gasteiger partial charge in [0.05, 0.1) is 18.6 Å². The number of hydrogen-bond donors (Lipinski definition) is 2. The number of nitrogens with zero attached hydrogens (tertiary/aromatic N) is 1. The number of halogens is 1. The van der Waals surface area contributed by atoms with Crippen LogP contribution in [0.2, 0.25) is 5.02 Å². The topological polar surface area (TPSA) is 80.6 Å². The molecule has 1 aromatic heterocycles. The number of ether oxygens (including phenoxy) is 1. The highest BCUT2D eigenvalue weighted by atomic mass is 35.5. The molecule has 1 atom stereocenters. The van der Waals surface area contributed by atoms with Gasteiger partial charge in [-0.15, -0.1) is 0 Å². The van der Waals surface area contributed by atoms with E-state index in [0.29, 0.717) is 18.1 Å².